The van der Waals surface area contributed by atoms with Crippen LogP contribution in [0.1, 0.15) is 40.5 Å². The van der Waals surface area contributed by atoms with Gasteiger partial charge in [-0.2, -0.15) is 5.10 Å². The summed E-state index contributed by atoms with van der Waals surface area (Å²) < 4.78 is 0. The molecule has 2 aromatic heterocycles. The van der Waals surface area contributed by atoms with E-state index in [9.17, 15) is 4.79 Å². The van der Waals surface area contributed by atoms with E-state index in [4.69, 9.17) is 0 Å². The highest BCUT2D eigenvalue weighted by molar-refractivity contribution is 5.99. The maximum Gasteiger partial charge on any atom is 0.255 e. The van der Waals surface area contributed by atoms with Crippen LogP contribution in [0.3, 0.4) is 0 Å². The van der Waals surface area contributed by atoms with Crippen molar-refractivity contribution in [3.63, 3.8) is 0 Å². The summed E-state index contributed by atoms with van der Waals surface area (Å²) in [6.07, 6.45) is 5.64. The molecule has 3 aromatic rings. The zero-order valence-electron chi connectivity index (χ0n) is 14.1. The molecule has 4 rings (SSSR count). The van der Waals surface area contributed by atoms with Crippen molar-refractivity contribution in [2.75, 3.05) is 0 Å². The lowest BCUT2D eigenvalue weighted by atomic mass is 10.0. The summed E-state index contributed by atoms with van der Waals surface area (Å²) in [5, 5.41) is 10.2. The van der Waals surface area contributed by atoms with E-state index in [1.807, 2.05) is 43.3 Å². The molecule has 0 bridgehead atoms. The number of carbonyl (C=O) groups excluding carboxylic acids is 1. The number of nitrogens with one attached hydrogen (secondary N) is 2. The van der Waals surface area contributed by atoms with E-state index in [1.54, 1.807) is 12.4 Å². The molecule has 2 N–H and O–H groups in total. The molecule has 1 atom stereocenters. The van der Waals surface area contributed by atoms with Crippen molar-refractivity contribution in [2.45, 2.75) is 25.8 Å². The third-order valence-electron chi connectivity index (χ3n) is 4.58. The second-order valence-corrected chi connectivity index (χ2v) is 6.57. The number of hydrogen-bond donors (Lipinski definition) is 2. The fourth-order valence-corrected chi connectivity index (χ4v) is 3.09. The first-order chi connectivity index (χ1) is 12.2. The Bertz CT molecular complexity index is 883. The molecule has 5 heteroatoms. The summed E-state index contributed by atoms with van der Waals surface area (Å²) in [6, 6.07) is 13.7. The van der Waals surface area contributed by atoms with Gasteiger partial charge in [-0.25, -0.2) is 0 Å². The van der Waals surface area contributed by atoms with Gasteiger partial charge in [0.1, 0.15) is 0 Å². The van der Waals surface area contributed by atoms with Gasteiger partial charge >= 0.3 is 0 Å². The molecule has 0 saturated heterocycles. The molecule has 1 fully saturated rings. The number of carbonyl (C=O) groups is 1. The van der Waals surface area contributed by atoms with Crippen molar-refractivity contribution in [3.8, 4) is 11.3 Å². The number of hydrogen-bond acceptors (Lipinski definition) is 3. The lowest BCUT2D eigenvalue weighted by Crippen LogP contribution is -2.30. The number of aromatic nitrogens is 3. The molecular formula is C20H20N4O. The molecule has 126 valence electrons. The van der Waals surface area contributed by atoms with E-state index in [1.165, 1.54) is 0 Å². The predicted octanol–water partition coefficient (Wildman–Crippen LogP) is 3.66. The standard InChI is InChI=1S/C20H20N4O/c1-13-9-10-21-17(11-13)19(15-7-8-15)23-20(25)16-12-22-24-18(16)14-5-3-2-4-6-14/h2-6,9-12,15,19H,7-8H2,1H3,(H,22,24)(H,23,25). The van der Waals surface area contributed by atoms with E-state index < -0.39 is 0 Å². The SMILES string of the molecule is Cc1ccnc(C(NC(=O)c2cn[nH]c2-c2ccccc2)C2CC2)c1. The number of aryl methyl sites for hydroxylation is 1. The zero-order valence-corrected chi connectivity index (χ0v) is 14.1. The third kappa shape index (κ3) is 3.31. The summed E-state index contributed by atoms with van der Waals surface area (Å²) in [4.78, 5) is 17.4. The van der Waals surface area contributed by atoms with Crippen molar-refractivity contribution in [3.05, 3.63) is 71.7 Å². The minimum atomic E-state index is -0.118. The monoisotopic (exact) mass is 332 g/mol. The molecule has 0 radical (unpaired) electrons. The van der Waals surface area contributed by atoms with E-state index in [2.05, 4.69) is 26.6 Å². The Hall–Kier alpha value is -2.95. The van der Waals surface area contributed by atoms with Crippen molar-refractivity contribution in [1.82, 2.24) is 20.5 Å². The molecule has 1 aromatic carbocycles. The van der Waals surface area contributed by atoms with Crippen LogP contribution < -0.4 is 5.32 Å². The molecule has 5 nitrogen and oxygen atoms in total. The lowest BCUT2D eigenvalue weighted by molar-refractivity contribution is 0.0931. The minimum Gasteiger partial charge on any atom is -0.343 e. The largest absolute Gasteiger partial charge is 0.343 e. The van der Waals surface area contributed by atoms with Gasteiger partial charge in [0.15, 0.2) is 0 Å². The minimum absolute atomic E-state index is 0.0501. The third-order valence-corrected chi connectivity index (χ3v) is 4.58. The second-order valence-electron chi connectivity index (χ2n) is 6.57. The highest BCUT2D eigenvalue weighted by Crippen LogP contribution is 2.40. The van der Waals surface area contributed by atoms with Crippen molar-refractivity contribution < 1.29 is 4.79 Å². The van der Waals surface area contributed by atoms with Crippen LogP contribution in [0.5, 0.6) is 0 Å². The van der Waals surface area contributed by atoms with Gasteiger partial charge in [-0.1, -0.05) is 30.3 Å². The zero-order chi connectivity index (χ0) is 17.2. The van der Waals surface area contributed by atoms with Crippen LogP contribution in [0.25, 0.3) is 11.3 Å². The maximum atomic E-state index is 12.9. The summed E-state index contributed by atoms with van der Waals surface area (Å²) in [5.41, 5.74) is 4.33. The number of amides is 1. The fourth-order valence-electron chi connectivity index (χ4n) is 3.09. The topological polar surface area (TPSA) is 70.7 Å². The normalized spacial score (nSPS) is 14.9. The van der Waals surface area contributed by atoms with Crippen LogP contribution in [0, 0.1) is 12.8 Å². The Morgan fingerprint density at radius 2 is 2.04 bits per heavy atom. The lowest BCUT2D eigenvalue weighted by Gasteiger charge is -2.18. The quantitative estimate of drug-likeness (QED) is 0.749. The Morgan fingerprint density at radius 1 is 1.24 bits per heavy atom. The van der Waals surface area contributed by atoms with E-state index >= 15 is 0 Å². The smallest absolute Gasteiger partial charge is 0.255 e. The van der Waals surface area contributed by atoms with Crippen LogP contribution in [0.2, 0.25) is 0 Å². The Kier molecular flexibility index (Phi) is 4.06. The van der Waals surface area contributed by atoms with Gasteiger partial charge in [0, 0.05) is 11.8 Å². The summed E-state index contributed by atoms with van der Waals surface area (Å²) in [5.74, 6) is 0.345. The molecule has 0 aliphatic heterocycles. The van der Waals surface area contributed by atoms with Gasteiger partial charge in [-0.3, -0.25) is 14.9 Å². The maximum absolute atomic E-state index is 12.9. The molecule has 25 heavy (non-hydrogen) atoms. The van der Waals surface area contributed by atoms with Crippen molar-refractivity contribution in [1.29, 1.82) is 0 Å². The van der Waals surface area contributed by atoms with Crippen LogP contribution in [0.4, 0.5) is 0 Å². The van der Waals surface area contributed by atoms with Gasteiger partial charge in [-0.15, -0.1) is 0 Å². The van der Waals surface area contributed by atoms with E-state index in [0.29, 0.717) is 11.5 Å². The van der Waals surface area contributed by atoms with Gasteiger partial charge in [0.25, 0.3) is 5.91 Å². The Morgan fingerprint density at radius 3 is 2.76 bits per heavy atom. The second kappa shape index (κ2) is 6.51. The molecule has 1 amide bonds. The molecular weight excluding hydrogens is 312 g/mol. The summed E-state index contributed by atoms with van der Waals surface area (Å²) in [6.45, 7) is 2.04. The molecule has 1 aliphatic rings. The number of H-pyrrole nitrogens is 1. The first kappa shape index (κ1) is 15.6. The number of benzene rings is 1. The van der Waals surface area contributed by atoms with Crippen LogP contribution in [-0.2, 0) is 0 Å². The molecule has 2 heterocycles. The van der Waals surface area contributed by atoms with Gasteiger partial charge in [0.2, 0.25) is 0 Å². The fraction of sp³-hybridized carbons (Fsp3) is 0.250. The number of nitrogens with zero attached hydrogens (tertiary/aromatic N) is 2. The molecule has 0 spiro atoms. The predicted molar refractivity (Wildman–Crippen MR) is 95.9 cm³/mol. The van der Waals surface area contributed by atoms with E-state index in [-0.39, 0.29) is 11.9 Å². The van der Waals surface area contributed by atoms with Crippen LogP contribution >= 0.6 is 0 Å². The first-order valence-electron chi connectivity index (χ1n) is 8.54. The highest BCUT2D eigenvalue weighted by atomic mass is 16.1. The molecule has 1 aliphatic carbocycles. The van der Waals surface area contributed by atoms with Gasteiger partial charge in [0.05, 0.1) is 29.2 Å². The molecule has 1 unspecified atom stereocenters. The summed E-state index contributed by atoms with van der Waals surface area (Å²) >= 11 is 0. The van der Waals surface area contributed by atoms with Crippen LogP contribution in [0.15, 0.2) is 54.9 Å². The first-order valence-corrected chi connectivity index (χ1v) is 8.54. The Balaban J connectivity index is 1.60. The average Bonchev–Trinajstić information content (AvgIpc) is 3.35. The van der Waals surface area contributed by atoms with Crippen molar-refractivity contribution >= 4 is 5.91 Å². The number of rotatable bonds is 5. The highest BCUT2D eigenvalue weighted by Gasteiger charge is 2.35. The van der Waals surface area contributed by atoms with Gasteiger partial charge < -0.3 is 5.32 Å². The number of pyridine rings is 1. The molecule has 1 saturated carbocycles. The van der Waals surface area contributed by atoms with Crippen molar-refractivity contribution in [2.24, 2.45) is 5.92 Å². The van der Waals surface area contributed by atoms with Gasteiger partial charge in [-0.05, 0) is 43.4 Å². The Labute approximate surface area is 146 Å². The average molecular weight is 332 g/mol. The summed E-state index contributed by atoms with van der Waals surface area (Å²) in [7, 11) is 0. The number of aromatic amines is 1. The van der Waals surface area contributed by atoms with Crippen LogP contribution in [-0.4, -0.2) is 21.1 Å². The van der Waals surface area contributed by atoms with E-state index in [0.717, 1.165) is 35.4 Å².